The molecule has 0 bridgehead atoms. The van der Waals surface area contributed by atoms with E-state index in [2.05, 4.69) is 401 Å². The SMILES string of the molecule is Cn1c(-c2[c-]c3c(cc2)c2cc(-c4ccsc4)ccc2n3-c2[c-]c(-c3ccccn3)ccc2)nc2cc(-c3ccsc3)ccc21.Cn1c(-c2[c-]c3c(cc2)c2cc(-c4ccsc4)ccc2n3-c2[c-]c(-c3ccccn3)ccc2)nc2ccc(-c3ccsc3)cc21.Cn1c(-c2[c-]c3c(cc2)c2ccccc2n3-c2[c-]c(-c3ccccn3)cc(-c3ccsc3)c2)nc2ccc(-c3ccsc3)cc21.[Pt+2].[Pt+2].[Pt+2]. The Balaban J connectivity index is 0.000000118. The molecule has 666 valence electrons. The normalized spacial score (nSPS) is 11.4. The minimum Gasteiger partial charge on any atom is -0.367 e. The standard InChI is InChI=1S/3C39H24N4S2.3Pt/c1-42-38-21-26(30-15-18-45-24-30)9-12-35(38)41-39(42)28-8-11-32-33-20-25(29-14-17-44-23-29)10-13-36(33)43(37(32)22-28)31-6-4-5-27(19-31)34-7-2-3-16-40-34;1-42-37-13-10-26(30-15-18-45-24-30)21-35(37)41-39(42)28-8-11-32-33-20-25(29-14-17-44-23-29)9-12-36(33)43(38(32)22-28)31-6-4-5-27(19-31)34-7-2-3-16-40-34;1-42-38-21-25(27-13-16-44-23-27)10-12-35(38)41-39(42)26-9-11-33-32-6-2-3-8-36(32)43(37(33)22-26)31-19-29(28-14-17-45-24-28)18-30(20-31)34-7-4-5-15-40-34;;;/h2*2-18,20-21,23-24H,1H3;2-19,21,23-24H,1H3;;;/q3*-2;3*+2. The van der Waals surface area contributed by atoms with Crippen LogP contribution in [0.25, 0.3) is 250 Å². The smallest absolute Gasteiger partial charge is 0.367 e. The fourth-order valence-electron chi connectivity index (χ4n) is 18.7. The van der Waals surface area contributed by atoms with E-state index < -0.39 is 0 Å². The maximum absolute atomic E-state index is 5.13. The van der Waals surface area contributed by atoms with Crippen molar-refractivity contribution in [3.8, 4) is 152 Å². The first-order chi connectivity index (χ1) is 66.6. The number of aromatic nitrogens is 12. The van der Waals surface area contributed by atoms with Crippen molar-refractivity contribution in [2.75, 3.05) is 0 Å². The molecule has 0 N–H and O–H groups in total. The topological polar surface area (TPSA) is 107 Å². The zero-order chi connectivity index (χ0) is 89.7. The second kappa shape index (κ2) is 37.9. The number of nitrogens with zero attached hydrogens (tertiary/aromatic N) is 12. The quantitative estimate of drug-likeness (QED) is 0.0947. The van der Waals surface area contributed by atoms with Crippen LogP contribution in [0.1, 0.15) is 0 Å². The van der Waals surface area contributed by atoms with Crippen LogP contribution in [-0.4, -0.2) is 57.3 Å². The van der Waals surface area contributed by atoms with Crippen molar-refractivity contribution in [3.05, 3.63) is 411 Å². The molecule has 12 aromatic carbocycles. The van der Waals surface area contributed by atoms with Gasteiger partial charge < -0.3 is 42.4 Å². The van der Waals surface area contributed by atoms with Gasteiger partial charge >= 0.3 is 63.2 Å². The summed E-state index contributed by atoms with van der Waals surface area (Å²) < 4.78 is 13.4. The van der Waals surface area contributed by atoms with E-state index in [0.29, 0.717) is 0 Å². The van der Waals surface area contributed by atoms with E-state index in [1.807, 2.05) is 73.2 Å². The van der Waals surface area contributed by atoms with E-state index >= 15 is 0 Å². The Morgan fingerprint density at radius 2 is 0.565 bits per heavy atom. The van der Waals surface area contributed by atoms with Crippen LogP contribution in [0.2, 0.25) is 0 Å². The van der Waals surface area contributed by atoms with E-state index in [1.165, 1.54) is 77.4 Å². The van der Waals surface area contributed by atoms with Crippen molar-refractivity contribution in [1.82, 2.24) is 57.3 Å². The summed E-state index contributed by atoms with van der Waals surface area (Å²) in [5.74, 6) is 2.66. The zero-order valence-corrected chi connectivity index (χ0v) is 85.4. The second-order valence-electron chi connectivity index (χ2n) is 33.3. The summed E-state index contributed by atoms with van der Waals surface area (Å²) in [4.78, 5) is 29.1. The van der Waals surface area contributed by atoms with E-state index in [9.17, 15) is 0 Å². The molecule has 0 fully saturated rings. The van der Waals surface area contributed by atoms with Gasteiger partial charge in [-0.05, 0) is 302 Å². The first-order valence-electron chi connectivity index (χ1n) is 44.0. The molecule has 0 aliphatic heterocycles. The molecular weight excluding hydrogens is 2350 g/mol. The number of para-hydroxylation sites is 1. The number of benzene rings is 12. The van der Waals surface area contributed by atoms with Gasteiger partial charge in [-0.3, -0.25) is 15.0 Å². The molecule has 12 nitrogen and oxygen atoms in total. The third-order valence-electron chi connectivity index (χ3n) is 25.4. The van der Waals surface area contributed by atoms with Gasteiger partial charge in [0, 0.05) is 56.3 Å². The Labute approximate surface area is 861 Å². The van der Waals surface area contributed by atoms with E-state index in [0.717, 1.165) is 173 Å². The van der Waals surface area contributed by atoms with E-state index in [4.69, 9.17) is 15.0 Å². The van der Waals surface area contributed by atoms with Gasteiger partial charge in [-0.1, -0.05) is 119 Å². The Morgan fingerprint density at radius 1 is 0.217 bits per heavy atom. The summed E-state index contributed by atoms with van der Waals surface area (Å²) in [6.07, 6.45) is 5.48. The van der Waals surface area contributed by atoms with Crippen molar-refractivity contribution in [3.63, 3.8) is 0 Å². The maximum atomic E-state index is 5.13. The van der Waals surface area contributed by atoms with Gasteiger partial charge in [0.25, 0.3) is 0 Å². The van der Waals surface area contributed by atoms with Crippen molar-refractivity contribution >= 4 is 167 Å². The Morgan fingerprint density at radius 3 is 0.986 bits per heavy atom. The molecular formula is C117H72N12Pt3S6. The monoisotopic (exact) mass is 2420 g/mol. The number of rotatable bonds is 15. The third-order valence-corrected chi connectivity index (χ3v) is 29.5. The molecule has 0 aliphatic rings. The van der Waals surface area contributed by atoms with Gasteiger partial charge in [-0.25, -0.2) is 0 Å². The fourth-order valence-corrected chi connectivity index (χ4v) is 22.7. The number of hydrogen-bond donors (Lipinski definition) is 0. The van der Waals surface area contributed by atoms with Crippen LogP contribution in [0.5, 0.6) is 0 Å². The number of aryl methyl sites for hydroxylation is 3. The van der Waals surface area contributed by atoms with Gasteiger partial charge in [-0.2, -0.15) is 68.0 Å². The van der Waals surface area contributed by atoms with Crippen LogP contribution >= 0.6 is 68.0 Å². The van der Waals surface area contributed by atoms with Crippen molar-refractivity contribution in [2.45, 2.75) is 0 Å². The van der Waals surface area contributed by atoms with Crippen LogP contribution in [0.15, 0.2) is 374 Å². The van der Waals surface area contributed by atoms with Crippen molar-refractivity contribution in [1.29, 1.82) is 0 Å². The Kier molecular flexibility index (Phi) is 24.6. The molecule has 15 heterocycles. The molecule has 0 saturated heterocycles. The van der Waals surface area contributed by atoms with Gasteiger partial charge in [0.1, 0.15) is 0 Å². The Hall–Kier alpha value is -13.8. The average molecular weight is 2420 g/mol. The molecule has 0 unspecified atom stereocenters. The average Bonchev–Trinajstić information content (AvgIpc) is 1.59. The molecule has 0 radical (unpaired) electrons. The summed E-state index contributed by atoms with van der Waals surface area (Å²) in [6, 6.07) is 125. The van der Waals surface area contributed by atoms with Gasteiger partial charge in [-0.15, -0.1) is 155 Å². The van der Waals surface area contributed by atoms with E-state index in [1.54, 1.807) is 68.0 Å². The molecule has 27 aromatic rings. The summed E-state index contributed by atoms with van der Waals surface area (Å²) >= 11 is 10.3. The minimum atomic E-state index is 0. The number of imidazole rings is 3. The van der Waals surface area contributed by atoms with E-state index in [-0.39, 0.29) is 63.2 Å². The maximum Gasteiger partial charge on any atom is 2.00 e. The molecule has 21 heteroatoms. The van der Waals surface area contributed by atoms with Gasteiger partial charge in [0.05, 0.1) is 50.6 Å². The Bertz CT molecular complexity index is 8920. The largest absolute Gasteiger partial charge is 2.00 e. The molecule has 0 amide bonds. The van der Waals surface area contributed by atoms with Crippen molar-refractivity contribution < 1.29 is 63.2 Å². The molecule has 0 atom stereocenters. The number of fused-ring (bicyclic) bond motifs is 12. The molecule has 27 rings (SSSR count). The summed E-state index contributed by atoms with van der Waals surface area (Å²) in [6.45, 7) is 0. The number of hydrogen-bond acceptors (Lipinski definition) is 12. The molecule has 0 saturated carbocycles. The molecule has 0 aliphatic carbocycles. The van der Waals surface area contributed by atoms with Crippen molar-refractivity contribution in [2.24, 2.45) is 21.1 Å². The first kappa shape index (κ1) is 89.4. The molecule has 138 heavy (non-hydrogen) atoms. The fraction of sp³-hybridized carbons (Fsp3) is 0.0256. The van der Waals surface area contributed by atoms with Crippen LogP contribution in [0.4, 0.5) is 0 Å². The summed E-state index contributed by atoms with van der Waals surface area (Å²) in [7, 11) is 6.26. The predicted octanol–water partition coefficient (Wildman–Crippen LogP) is 31.4. The van der Waals surface area contributed by atoms with Crippen LogP contribution < -0.4 is 0 Å². The second-order valence-corrected chi connectivity index (χ2v) is 37.9. The van der Waals surface area contributed by atoms with Crippen LogP contribution in [0.3, 0.4) is 0 Å². The predicted molar refractivity (Wildman–Crippen MR) is 564 cm³/mol. The first-order valence-corrected chi connectivity index (χ1v) is 49.7. The minimum absolute atomic E-state index is 0. The summed E-state index contributed by atoms with van der Waals surface area (Å²) in [5.41, 5.74) is 38.1. The summed E-state index contributed by atoms with van der Waals surface area (Å²) in [5, 5.41) is 32.8. The van der Waals surface area contributed by atoms with Crippen LogP contribution in [-0.2, 0) is 84.3 Å². The molecule has 15 aromatic heterocycles. The molecule has 0 spiro atoms. The van der Waals surface area contributed by atoms with Gasteiger partial charge in [0.15, 0.2) is 0 Å². The zero-order valence-electron chi connectivity index (χ0n) is 73.6. The number of thiophene rings is 6. The van der Waals surface area contributed by atoms with Gasteiger partial charge in [0.2, 0.25) is 0 Å². The number of pyridine rings is 3. The third kappa shape index (κ3) is 16.4. The van der Waals surface area contributed by atoms with Crippen LogP contribution in [0, 0.1) is 36.4 Å².